The predicted molar refractivity (Wildman–Crippen MR) is 39.2 cm³/mol. The second-order valence-corrected chi connectivity index (χ2v) is 2.28. The number of nitrogens with zero attached hydrogens (tertiary/aromatic N) is 2. The molecule has 1 rings (SSSR count). The zero-order valence-corrected chi connectivity index (χ0v) is 5.78. The van der Waals surface area contributed by atoms with E-state index in [1.807, 2.05) is 0 Å². The highest BCUT2D eigenvalue weighted by molar-refractivity contribution is 7.97. The highest BCUT2D eigenvalue weighted by Gasteiger charge is 2.00. The van der Waals surface area contributed by atoms with Crippen LogP contribution in [0.5, 0.6) is 0 Å². The Morgan fingerprint density at radius 3 is 2.75 bits per heavy atom. The van der Waals surface area contributed by atoms with Crippen LogP contribution >= 0.6 is 24.2 Å². The number of hydrogen-bond donors (Lipinski definition) is 1. The molecule has 2 nitrogen and oxygen atoms in total. The molecule has 0 amide bonds. The molecular formula is C4H5ClN2S. The van der Waals surface area contributed by atoms with Crippen molar-refractivity contribution in [2.75, 3.05) is 6.54 Å². The van der Waals surface area contributed by atoms with Gasteiger partial charge < -0.3 is 0 Å². The minimum atomic E-state index is 0.321. The van der Waals surface area contributed by atoms with E-state index >= 15 is 0 Å². The number of hydrogen-bond acceptors (Lipinski definition) is 2. The first-order chi connectivity index (χ1) is 3.79. The zero-order valence-electron chi connectivity index (χ0n) is 4.13. The largest absolute Gasteiger partial charge is 0.256 e. The van der Waals surface area contributed by atoms with Gasteiger partial charge in [-0.2, -0.15) is 0 Å². The fraction of sp³-hybridized carbons (Fsp3) is 0.500. The highest BCUT2D eigenvalue weighted by Crippen LogP contribution is 2.03. The van der Waals surface area contributed by atoms with Gasteiger partial charge in [0.15, 0.2) is 0 Å². The number of amidine groups is 1. The van der Waals surface area contributed by atoms with E-state index in [1.165, 1.54) is 0 Å². The van der Waals surface area contributed by atoms with Crippen LogP contribution in [0.25, 0.3) is 0 Å². The van der Waals surface area contributed by atoms with Gasteiger partial charge in [0.2, 0.25) is 5.29 Å². The third-order valence-corrected chi connectivity index (χ3v) is 1.33. The van der Waals surface area contributed by atoms with Crippen LogP contribution in [0.4, 0.5) is 0 Å². The molecule has 0 aromatic heterocycles. The Morgan fingerprint density at radius 2 is 2.38 bits per heavy atom. The van der Waals surface area contributed by atoms with Crippen LogP contribution in [0.3, 0.4) is 0 Å². The summed E-state index contributed by atoms with van der Waals surface area (Å²) in [6.07, 6.45) is 0.819. The van der Waals surface area contributed by atoms with E-state index < -0.39 is 0 Å². The average Bonchev–Trinajstić information content (AvgIpc) is 1.64. The summed E-state index contributed by atoms with van der Waals surface area (Å²) in [7, 11) is 0. The van der Waals surface area contributed by atoms with Gasteiger partial charge in [-0.1, -0.05) is 0 Å². The monoisotopic (exact) mass is 148 g/mol. The van der Waals surface area contributed by atoms with Crippen molar-refractivity contribution in [3.63, 3.8) is 0 Å². The first-order valence-corrected chi connectivity index (χ1v) is 3.08. The van der Waals surface area contributed by atoms with E-state index in [2.05, 4.69) is 22.6 Å². The molecule has 0 aromatic rings. The van der Waals surface area contributed by atoms with Crippen molar-refractivity contribution in [3.8, 4) is 0 Å². The van der Waals surface area contributed by atoms with Crippen LogP contribution < -0.4 is 0 Å². The topological polar surface area (TPSA) is 24.7 Å². The molecule has 0 fully saturated rings. The third kappa shape index (κ3) is 1.49. The quantitative estimate of drug-likeness (QED) is 0.396. The van der Waals surface area contributed by atoms with Crippen LogP contribution in [0.2, 0.25) is 0 Å². The van der Waals surface area contributed by atoms with Crippen molar-refractivity contribution in [2.45, 2.75) is 6.42 Å². The minimum absolute atomic E-state index is 0.321. The van der Waals surface area contributed by atoms with Crippen molar-refractivity contribution in [3.05, 3.63) is 0 Å². The van der Waals surface area contributed by atoms with Gasteiger partial charge in [0.25, 0.3) is 0 Å². The Balaban J connectivity index is 2.69. The first-order valence-electron chi connectivity index (χ1n) is 2.25. The minimum Gasteiger partial charge on any atom is -0.256 e. The lowest BCUT2D eigenvalue weighted by Gasteiger charge is -2.00. The Morgan fingerprint density at radius 1 is 1.62 bits per heavy atom. The van der Waals surface area contributed by atoms with Gasteiger partial charge in [0.05, 0.1) is 5.04 Å². The third-order valence-electron chi connectivity index (χ3n) is 0.799. The van der Waals surface area contributed by atoms with E-state index in [4.69, 9.17) is 11.6 Å². The lowest BCUT2D eigenvalue weighted by Crippen LogP contribution is -2.01. The second kappa shape index (κ2) is 2.51. The zero-order chi connectivity index (χ0) is 5.98. The van der Waals surface area contributed by atoms with E-state index in [9.17, 15) is 0 Å². The van der Waals surface area contributed by atoms with E-state index in [0.717, 1.165) is 18.0 Å². The molecule has 1 aliphatic rings. The van der Waals surface area contributed by atoms with Crippen LogP contribution in [0, 0.1) is 0 Å². The lowest BCUT2D eigenvalue weighted by molar-refractivity contribution is 1.04. The number of halogens is 1. The first kappa shape index (κ1) is 6.11. The van der Waals surface area contributed by atoms with Gasteiger partial charge in [0, 0.05) is 13.0 Å². The Kier molecular flexibility index (Phi) is 1.91. The fourth-order valence-corrected chi connectivity index (χ4v) is 0.886. The molecule has 0 atom stereocenters. The normalized spacial score (nSPS) is 19.8. The van der Waals surface area contributed by atoms with Gasteiger partial charge in [0.1, 0.15) is 0 Å². The molecule has 8 heavy (non-hydrogen) atoms. The summed E-state index contributed by atoms with van der Waals surface area (Å²) in [5.74, 6) is 0. The molecule has 0 bridgehead atoms. The van der Waals surface area contributed by atoms with Gasteiger partial charge in [-0.3, -0.25) is 4.99 Å². The Hall–Kier alpha value is -0.0200. The van der Waals surface area contributed by atoms with Gasteiger partial charge >= 0.3 is 0 Å². The van der Waals surface area contributed by atoms with Crippen molar-refractivity contribution in [1.82, 2.24) is 0 Å². The highest BCUT2D eigenvalue weighted by atomic mass is 35.5. The molecule has 0 saturated heterocycles. The summed E-state index contributed by atoms with van der Waals surface area (Å²) in [6, 6.07) is 0. The number of rotatable bonds is 0. The van der Waals surface area contributed by atoms with Crippen LogP contribution in [0.15, 0.2) is 9.98 Å². The molecule has 0 radical (unpaired) electrons. The summed E-state index contributed by atoms with van der Waals surface area (Å²) in [5.41, 5.74) is 0. The maximum absolute atomic E-state index is 5.43. The fourth-order valence-electron chi connectivity index (χ4n) is 0.446. The predicted octanol–water partition coefficient (Wildman–Crippen LogP) is 1.31. The van der Waals surface area contributed by atoms with Gasteiger partial charge in [-0.15, -0.1) is 12.6 Å². The van der Waals surface area contributed by atoms with Crippen molar-refractivity contribution in [1.29, 1.82) is 0 Å². The maximum Gasteiger partial charge on any atom is 0.218 e. The Labute approximate surface area is 58.1 Å². The SMILES string of the molecule is SC1=NC(Cl)=NCC1. The Bertz CT molecular complexity index is 152. The van der Waals surface area contributed by atoms with Gasteiger partial charge in [-0.05, 0) is 11.6 Å². The van der Waals surface area contributed by atoms with Crippen molar-refractivity contribution in [2.24, 2.45) is 9.98 Å². The summed E-state index contributed by atoms with van der Waals surface area (Å²) in [4.78, 5) is 7.60. The van der Waals surface area contributed by atoms with Gasteiger partial charge in [-0.25, -0.2) is 4.99 Å². The lowest BCUT2D eigenvalue weighted by atomic mass is 10.4. The second-order valence-electron chi connectivity index (χ2n) is 1.43. The molecule has 0 spiro atoms. The standard InChI is InChI=1S/C4H5ClN2S/c5-4-6-2-1-3(8)7-4/h1-2H2,(H,6,7,8). The summed E-state index contributed by atoms with van der Waals surface area (Å²) >= 11 is 9.43. The molecule has 0 aliphatic carbocycles. The molecule has 0 aromatic carbocycles. The summed E-state index contributed by atoms with van der Waals surface area (Å²) in [6.45, 7) is 0.723. The van der Waals surface area contributed by atoms with E-state index in [-0.39, 0.29) is 0 Å². The number of thiol groups is 1. The van der Waals surface area contributed by atoms with E-state index in [1.54, 1.807) is 0 Å². The van der Waals surface area contributed by atoms with Crippen molar-refractivity contribution < 1.29 is 0 Å². The molecule has 4 heteroatoms. The molecule has 0 N–H and O–H groups in total. The summed E-state index contributed by atoms with van der Waals surface area (Å²) in [5, 5.41) is 1.09. The van der Waals surface area contributed by atoms with E-state index in [0.29, 0.717) is 5.29 Å². The van der Waals surface area contributed by atoms with Crippen LogP contribution in [0.1, 0.15) is 6.42 Å². The smallest absolute Gasteiger partial charge is 0.218 e. The van der Waals surface area contributed by atoms with Crippen molar-refractivity contribution >= 4 is 34.6 Å². The van der Waals surface area contributed by atoms with Crippen LogP contribution in [-0.2, 0) is 0 Å². The molecular weight excluding hydrogens is 144 g/mol. The average molecular weight is 149 g/mol. The summed E-state index contributed by atoms with van der Waals surface area (Å²) < 4.78 is 0. The molecule has 0 saturated carbocycles. The molecule has 1 heterocycles. The molecule has 0 unspecified atom stereocenters. The van der Waals surface area contributed by atoms with Crippen LogP contribution in [-0.4, -0.2) is 16.9 Å². The molecule has 44 valence electrons. The molecule has 1 aliphatic heterocycles. The number of aliphatic imine (C=N–C) groups is 2. The maximum atomic E-state index is 5.43.